The van der Waals surface area contributed by atoms with Crippen LogP contribution in [-0.4, -0.2) is 91.7 Å². The highest BCUT2D eigenvalue weighted by Crippen LogP contribution is 2.36. The number of aryl methyl sites for hydroxylation is 1. The van der Waals surface area contributed by atoms with Gasteiger partial charge < -0.3 is 14.4 Å². The molecule has 7 nitrogen and oxygen atoms in total. The Hall–Kier alpha value is -2.54. The Balaban J connectivity index is 1.58. The van der Waals surface area contributed by atoms with E-state index in [-0.39, 0.29) is 38.8 Å². The zero-order valence-corrected chi connectivity index (χ0v) is 19.1. The summed E-state index contributed by atoms with van der Waals surface area (Å²) in [7, 11) is 0. The molecule has 1 aromatic carbocycles. The summed E-state index contributed by atoms with van der Waals surface area (Å²) >= 11 is 0. The molecule has 2 aliphatic rings. The van der Waals surface area contributed by atoms with Gasteiger partial charge in [-0.05, 0) is 30.4 Å². The van der Waals surface area contributed by atoms with Crippen molar-refractivity contribution >= 4 is 12.6 Å². The zero-order valence-electron chi connectivity index (χ0n) is 19.1. The Morgan fingerprint density at radius 3 is 2.31 bits per heavy atom. The highest BCUT2D eigenvalue weighted by molar-refractivity contribution is 5.68. The number of hydrogen-bond donors (Lipinski definition) is 0. The van der Waals surface area contributed by atoms with Gasteiger partial charge >= 0.3 is 18.4 Å². The van der Waals surface area contributed by atoms with E-state index >= 15 is 0 Å². The Morgan fingerprint density at radius 1 is 1.06 bits per heavy atom. The highest BCUT2D eigenvalue weighted by Gasteiger charge is 2.60. The lowest BCUT2D eigenvalue weighted by Crippen LogP contribution is -2.52. The van der Waals surface area contributed by atoms with Gasteiger partial charge in [0, 0.05) is 45.8 Å². The van der Waals surface area contributed by atoms with E-state index in [2.05, 4.69) is 10.8 Å². The van der Waals surface area contributed by atoms with Gasteiger partial charge in [0.1, 0.15) is 6.73 Å². The van der Waals surface area contributed by atoms with Crippen LogP contribution in [0.25, 0.3) is 0 Å². The Labute approximate surface area is 198 Å². The van der Waals surface area contributed by atoms with Gasteiger partial charge in [0.2, 0.25) is 0 Å². The van der Waals surface area contributed by atoms with Crippen molar-refractivity contribution in [1.29, 1.82) is 0 Å². The van der Waals surface area contributed by atoms with Crippen LogP contribution in [0, 0.1) is 6.92 Å². The fourth-order valence-corrected chi connectivity index (χ4v) is 4.40. The predicted octanol–water partition coefficient (Wildman–Crippen LogP) is 3.66. The Bertz CT molecular complexity index is 873. The molecule has 1 unspecified atom stereocenters. The van der Waals surface area contributed by atoms with E-state index in [1.807, 2.05) is 28.9 Å². The number of piperazine rings is 1. The second kappa shape index (κ2) is 11.0. The normalized spacial score (nSPS) is 20.3. The monoisotopic (exact) mass is 511 g/mol. The molecule has 0 radical (unpaired) electrons. The van der Waals surface area contributed by atoms with E-state index in [1.54, 1.807) is 0 Å². The van der Waals surface area contributed by atoms with E-state index < -0.39 is 24.5 Å². The standard InChI is InChI=1S/C22H27F6N3O4/c1-15-2-3-16(18(10-15)17-4-5-30(12-17)13-34-14-32)11-29-6-8-31(9-7-29)20(33)35-19(21(23,24)25)22(26,27)28/h2-3,10,14,17,19H,4-9,11-13H2,1H3. The van der Waals surface area contributed by atoms with Gasteiger partial charge in [-0.1, -0.05) is 23.8 Å². The van der Waals surface area contributed by atoms with Crippen LogP contribution in [0.1, 0.15) is 29.0 Å². The van der Waals surface area contributed by atoms with Crippen LogP contribution in [0.2, 0.25) is 0 Å². The van der Waals surface area contributed by atoms with Gasteiger partial charge in [0.15, 0.2) is 0 Å². The predicted molar refractivity (Wildman–Crippen MR) is 111 cm³/mol. The summed E-state index contributed by atoms with van der Waals surface area (Å²) in [5, 5.41) is 0. The van der Waals surface area contributed by atoms with Crippen molar-refractivity contribution in [2.24, 2.45) is 0 Å². The van der Waals surface area contributed by atoms with Crippen LogP contribution >= 0.6 is 0 Å². The first-order chi connectivity index (χ1) is 16.4. The Kier molecular flexibility index (Phi) is 8.52. The number of alkyl halides is 6. The molecule has 1 atom stereocenters. The van der Waals surface area contributed by atoms with Crippen molar-refractivity contribution in [3.8, 4) is 0 Å². The number of hydrogen-bond acceptors (Lipinski definition) is 6. The number of nitrogens with zero attached hydrogens (tertiary/aromatic N) is 3. The average Bonchev–Trinajstić information content (AvgIpc) is 3.25. The molecular formula is C22H27F6N3O4. The maximum Gasteiger partial charge on any atom is 0.434 e. The summed E-state index contributed by atoms with van der Waals surface area (Å²) in [5.41, 5.74) is 3.30. The molecule has 2 fully saturated rings. The number of amides is 1. The van der Waals surface area contributed by atoms with E-state index in [4.69, 9.17) is 4.74 Å². The average molecular weight is 511 g/mol. The van der Waals surface area contributed by atoms with E-state index in [0.29, 0.717) is 13.0 Å². The second-order valence-corrected chi connectivity index (χ2v) is 8.77. The topological polar surface area (TPSA) is 62.3 Å². The smallest absolute Gasteiger partial charge is 0.434 e. The van der Waals surface area contributed by atoms with Gasteiger partial charge in [-0.15, -0.1) is 0 Å². The number of halogens is 6. The summed E-state index contributed by atoms with van der Waals surface area (Å²) in [6.07, 6.45) is -16.4. The molecule has 0 N–H and O–H groups in total. The molecule has 1 amide bonds. The van der Waals surface area contributed by atoms with Crippen molar-refractivity contribution in [3.05, 3.63) is 34.9 Å². The van der Waals surface area contributed by atoms with Crippen molar-refractivity contribution in [2.45, 2.75) is 44.3 Å². The van der Waals surface area contributed by atoms with Crippen molar-refractivity contribution < 1.29 is 45.4 Å². The zero-order chi connectivity index (χ0) is 25.8. The summed E-state index contributed by atoms with van der Waals surface area (Å²) in [6.45, 7) is 5.08. The molecule has 0 spiro atoms. The Morgan fingerprint density at radius 2 is 1.71 bits per heavy atom. The molecule has 2 heterocycles. The number of ether oxygens (including phenoxy) is 2. The van der Waals surface area contributed by atoms with Crippen LogP contribution in [0.3, 0.4) is 0 Å². The third-order valence-corrected chi connectivity index (χ3v) is 6.18. The lowest BCUT2D eigenvalue weighted by molar-refractivity contribution is -0.308. The van der Waals surface area contributed by atoms with Gasteiger partial charge in [-0.3, -0.25) is 14.6 Å². The van der Waals surface area contributed by atoms with Crippen molar-refractivity contribution in [3.63, 3.8) is 0 Å². The summed E-state index contributed by atoms with van der Waals surface area (Å²) < 4.78 is 84.7. The lowest BCUT2D eigenvalue weighted by atomic mass is 9.91. The molecule has 13 heteroatoms. The van der Waals surface area contributed by atoms with Crippen LogP contribution < -0.4 is 0 Å². The highest BCUT2D eigenvalue weighted by atomic mass is 19.4. The number of rotatable bonds is 7. The molecule has 196 valence electrons. The number of carbonyl (C=O) groups excluding carboxylic acids is 2. The molecule has 3 rings (SSSR count). The quantitative estimate of drug-likeness (QED) is 0.412. The molecular weight excluding hydrogens is 484 g/mol. The van der Waals surface area contributed by atoms with E-state index in [0.717, 1.165) is 41.1 Å². The van der Waals surface area contributed by atoms with Crippen LogP contribution in [0.5, 0.6) is 0 Å². The van der Waals surface area contributed by atoms with E-state index in [1.165, 1.54) is 0 Å². The van der Waals surface area contributed by atoms with Crippen molar-refractivity contribution in [2.75, 3.05) is 46.0 Å². The molecule has 2 saturated heterocycles. The van der Waals surface area contributed by atoms with Crippen LogP contribution in [0.4, 0.5) is 31.1 Å². The molecule has 0 bridgehead atoms. The third kappa shape index (κ3) is 7.23. The molecule has 1 aromatic rings. The summed E-state index contributed by atoms with van der Waals surface area (Å²) in [5.74, 6) is 0.234. The maximum absolute atomic E-state index is 12.7. The first-order valence-electron chi connectivity index (χ1n) is 11.1. The fraction of sp³-hybridized carbons (Fsp3) is 0.636. The largest absolute Gasteiger partial charge is 0.452 e. The van der Waals surface area contributed by atoms with Crippen LogP contribution in [0.15, 0.2) is 18.2 Å². The minimum Gasteiger partial charge on any atom is -0.452 e. The van der Waals surface area contributed by atoms with Gasteiger partial charge in [-0.2, -0.15) is 26.3 Å². The summed E-state index contributed by atoms with van der Waals surface area (Å²) in [4.78, 5) is 27.3. The molecule has 0 saturated carbocycles. The first kappa shape index (κ1) is 27.1. The second-order valence-electron chi connectivity index (χ2n) is 8.77. The molecule has 0 aromatic heterocycles. The molecule has 0 aliphatic carbocycles. The number of likely N-dealkylation sites (tertiary alicyclic amines) is 1. The van der Waals surface area contributed by atoms with Crippen LogP contribution in [-0.2, 0) is 20.8 Å². The third-order valence-electron chi connectivity index (χ3n) is 6.18. The minimum atomic E-state index is -5.74. The van der Waals surface area contributed by atoms with Crippen molar-refractivity contribution in [1.82, 2.24) is 14.7 Å². The van der Waals surface area contributed by atoms with Gasteiger partial charge in [0.25, 0.3) is 12.6 Å². The van der Waals surface area contributed by atoms with Gasteiger partial charge in [0.05, 0.1) is 0 Å². The van der Waals surface area contributed by atoms with Gasteiger partial charge in [-0.25, -0.2) is 4.79 Å². The maximum atomic E-state index is 12.7. The fourth-order valence-electron chi connectivity index (χ4n) is 4.40. The number of carbonyl (C=O) groups is 2. The summed E-state index contributed by atoms with van der Waals surface area (Å²) in [6, 6.07) is 6.09. The number of benzene rings is 1. The lowest BCUT2D eigenvalue weighted by Gasteiger charge is -2.35. The SMILES string of the molecule is Cc1ccc(CN2CCN(C(=O)OC(C(F)(F)F)C(F)(F)F)CC2)c(C2CCN(COC=O)C2)c1. The minimum absolute atomic E-state index is 0.0529. The van der Waals surface area contributed by atoms with E-state index in [9.17, 15) is 35.9 Å². The first-order valence-corrected chi connectivity index (χ1v) is 11.1. The molecule has 2 aliphatic heterocycles. The molecule has 35 heavy (non-hydrogen) atoms.